The molecular weight excluding hydrogens is 436 g/mol. The molecule has 35 heavy (non-hydrogen) atoms. The van der Waals surface area contributed by atoms with Gasteiger partial charge in [0.25, 0.3) is 0 Å². The average Bonchev–Trinajstić information content (AvgIpc) is 3.13. The Morgan fingerprint density at radius 1 is 0.943 bits per heavy atom. The van der Waals surface area contributed by atoms with Crippen LogP contribution in [-0.4, -0.2) is 24.1 Å². The van der Waals surface area contributed by atoms with E-state index in [0.29, 0.717) is 23.7 Å². The second-order valence-corrected chi connectivity index (χ2v) is 13.0. The zero-order valence-electron chi connectivity index (χ0n) is 23.2. The summed E-state index contributed by atoms with van der Waals surface area (Å²) in [5.41, 5.74) is 3.54. The van der Waals surface area contributed by atoms with E-state index in [1.54, 1.807) is 18.1 Å². The third-order valence-electron chi connectivity index (χ3n) is 10.4. The van der Waals surface area contributed by atoms with Crippen LogP contribution in [0.5, 0.6) is 0 Å². The Kier molecular flexibility index (Phi) is 7.61. The molecule has 4 heteroatoms. The predicted octanol–water partition coefficient (Wildman–Crippen LogP) is 7.42. The van der Waals surface area contributed by atoms with Crippen LogP contribution in [0.3, 0.4) is 0 Å². The van der Waals surface area contributed by atoms with Crippen molar-refractivity contribution in [1.82, 2.24) is 0 Å². The first-order valence-corrected chi connectivity index (χ1v) is 14.2. The smallest absolute Gasteiger partial charge is 0.302 e. The van der Waals surface area contributed by atoms with E-state index in [4.69, 9.17) is 9.47 Å². The lowest BCUT2D eigenvalue weighted by atomic mass is 9.47. The zero-order valence-corrected chi connectivity index (χ0v) is 23.2. The molecule has 0 bridgehead atoms. The number of esters is 2. The summed E-state index contributed by atoms with van der Waals surface area (Å²) in [5.74, 6) is 2.66. The fourth-order valence-corrected chi connectivity index (χ4v) is 8.59. The van der Waals surface area contributed by atoms with Gasteiger partial charge in [-0.15, -0.1) is 0 Å². The highest BCUT2D eigenvalue weighted by molar-refractivity contribution is 5.66. The SMILES string of the molecule is CC(=O)O[C@H]1CC[C@@]2(C)C(=CC[C@@H]3[C@@H]2CC[C@]2(C)C([C@H](C)[C@@H](CCC(C)C)OC(C)=O)=CC[C@@H]32)C1. The first-order valence-electron chi connectivity index (χ1n) is 14.2. The van der Waals surface area contributed by atoms with Crippen LogP contribution in [0.2, 0.25) is 0 Å². The molecule has 0 aromatic carbocycles. The lowest BCUT2D eigenvalue weighted by molar-refractivity contribution is -0.149. The van der Waals surface area contributed by atoms with Crippen molar-refractivity contribution in [2.45, 2.75) is 118 Å². The summed E-state index contributed by atoms with van der Waals surface area (Å²) in [6.07, 6.45) is 14.9. The number of rotatable bonds is 7. The maximum Gasteiger partial charge on any atom is 0.302 e. The molecule has 8 atom stereocenters. The first-order chi connectivity index (χ1) is 16.5. The fraction of sp³-hybridized carbons (Fsp3) is 0.806. The molecule has 4 aliphatic rings. The topological polar surface area (TPSA) is 52.6 Å². The van der Waals surface area contributed by atoms with E-state index in [1.807, 2.05) is 0 Å². The Hall–Kier alpha value is -1.58. The van der Waals surface area contributed by atoms with Gasteiger partial charge in [-0.1, -0.05) is 57.9 Å². The third-order valence-corrected chi connectivity index (χ3v) is 10.4. The number of ether oxygens (including phenoxy) is 2. The molecule has 0 aromatic rings. The van der Waals surface area contributed by atoms with Crippen molar-refractivity contribution >= 4 is 11.9 Å². The van der Waals surface area contributed by atoms with Gasteiger partial charge in [0.05, 0.1) is 0 Å². The van der Waals surface area contributed by atoms with Crippen molar-refractivity contribution < 1.29 is 19.1 Å². The van der Waals surface area contributed by atoms with E-state index in [-0.39, 0.29) is 40.9 Å². The standard InChI is InChI=1S/C31H48O4/c1-19(2)8-13-29(35-22(5)33)20(3)26-11-12-27-25-10-9-23-18-24(34-21(4)32)14-16-30(23,6)28(25)15-17-31(26,27)7/h9,11,19-20,24-25,27-29H,8,10,12-18H2,1-7H3/t20-,24-,25-,27-,28-,29+,30-,31+/m0/s1. The van der Waals surface area contributed by atoms with Gasteiger partial charge in [0.2, 0.25) is 0 Å². The molecule has 0 aliphatic heterocycles. The van der Waals surface area contributed by atoms with Crippen LogP contribution in [0.25, 0.3) is 0 Å². The maximum atomic E-state index is 11.9. The lowest BCUT2D eigenvalue weighted by Crippen LogP contribution is -2.50. The normalized spacial score (nSPS) is 37.8. The van der Waals surface area contributed by atoms with Crippen LogP contribution in [0.1, 0.15) is 106 Å². The minimum absolute atomic E-state index is 0.0265. The molecule has 0 N–H and O–H groups in total. The highest BCUT2D eigenvalue weighted by atomic mass is 16.5. The molecule has 2 fully saturated rings. The van der Waals surface area contributed by atoms with Gasteiger partial charge < -0.3 is 9.47 Å². The molecular formula is C31H48O4. The Morgan fingerprint density at radius 3 is 2.31 bits per heavy atom. The van der Waals surface area contributed by atoms with Crippen LogP contribution in [0, 0.1) is 40.4 Å². The summed E-state index contributed by atoms with van der Waals surface area (Å²) >= 11 is 0. The quantitative estimate of drug-likeness (QED) is 0.279. The highest BCUT2D eigenvalue weighted by Gasteiger charge is 2.57. The number of hydrogen-bond donors (Lipinski definition) is 0. The molecule has 2 saturated carbocycles. The van der Waals surface area contributed by atoms with Gasteiger partial charge in [-0.25, -0.2) is 0 Å². The molecule has 0 spiro atoms. The molecule has 0 amide bonds. The van der Waals surface area contributed by atoms with Gasteiger partial charge in [0, 0.05) is 26.2 Å². The summed E-state index contributed by atoms with van der Waals surface area (Å²) in [5, 5.41) is 0. The van der Waals surface area contributed by atoms with Crippen molar-refractivity contribution in [2.75, 3.05) is 0 Å². The lowest BCUT2D eigenvalue weighted by Gasteiger charge is -2.58. The van der Waals surface area contributed by atoms with Crippen LogP contribution in [0.15, 0.2) is 23.3 Å². The second-order valence-electron chi connectivity index (χ2n) is 13.0. The van der Waals surface area contributed by atoms with Crippen molar-refractivity contribution in [2.24, 2.45) is 40.4 Å². The number of carbonyl (C=O) groups excluding carboxylic acids is 2. The number of carbonyl (C=O) groups is 2. The molecule has 196 valence electrons. The summed E-state index contributed by atoms with van der Waals surface area (Å²) in [6.45, 7) is 14.9. The second kappa shape index (κ2) is 10.1. The molecule has 0 unspecified atom stereocenters. The van der Waals surface area contributed by atoms with Crippen molar-refractivity contribution in [3.63, 3.8) is 0 Å². The molecule has 0 heterocycles. The largest absolute Gasteiger partial charge is 0.462 e. The minimum Gasteiger partial charge on any atom is -0.462 e. The van der Waals surface area contributed by atoms with Crippen molar-refractivity contribution in [3.05, 3.63) is 23.3 Å². The van der Waals surface area contributed by atoms with Crippen LogP contribution in [-0.2, 0) is 19.1 Å². The first kappa shape index (κ1) is 26.5. The monoisotopic (exact) mass is 484 g/mol. The van der Waals surface area contributed by atoms with Crippen LogP contribution in [0.4, 0.5) is 0 Å². The number of allylic oxidation sites excluding steroid dienone is 2. The Bertz CT molecular complexity index is 884. The van der Waals surface area contributed by atoms with Gasteiger partial charge in [-0.3, -0.25) is 9.59 Å². The van der Waals surface area contributed by atoms with Crippen LogP contribution < -0.4 is 0 Å². The van der Waals surface area contributed by atoms with Gasteiger partial charge in [-0.05, 0) is 85.9 Å². The number of fused-ring (bicyclic) bond motifs is 5. The summed E-state index contributed by atoms with van der Waals surface area (Å²) in [7, 11) is 0. The molecule has 0 radical (unpaired) electrons. The van der Waals surface area contributed by atoms with E-state index in [0.717, 1.165) is 44.9 Å². The fourth-order valence-electron chi connectivity index (χ4n) is 8.59. The Labute approximate surface area is 213 Å². The molecule has 4 nitrogen and oxygen atoms in total. The number of hydrogen-bond acceptors (Lipinski definition) is 4. The summed E-state index contributed by atoms with van der Waals surface area (Å²) in [4.78, 5) is 23.5. The van der Waals surface area contributed by atoms with Gasteiger partial charge in [0.1, 0.15) is 12.2 Å². The van der Waals surface area contributed by atoms with Gasteiger partial charge in [-0.2, -0.15) is 0 Å². The predicted molar refractivity (Wildman–Crippen MR) is 140 cm³/mol. The van der Waals surface area contributed by atoms with Gasteiger partial charge in [0.15, 0.2) is 0 Å². The Morgan fingerprint density at radius 2 is 1.66 bits per heavy atom. The van der Waals surface area contributed by atoms with Gasteiger partial charge >= 0.3 is 11.9 Å². The molecule has 0 aromatic heterocycles. The van der Waals surface area contributed by atoms with E-state index >= 15 is 0 Å². The molecule has 4 aliphatic carbocycles. The molecule has 0 saturated heterocycles. The van der Waals surface area contributed by atoms with E-state index in [1.165, 1.54) is 19.8 Å². The van der Waals surface area contributed by atoms with Crippen molar-refractivity contribution in [1.29, 1.82) is 0 Å². The average molecular weight is 485 g/mol. The van der Waals surface area contributed by atoms with E-state index in [2.05, 4.69) is 46.8 Å². The minimum atomic E-state index is -0.156. The van der Waals surface area contributed by atoms with E-state index in [9.17, 15) is 9.59 Å². The third kappa shape index (κ3) is 5.01. The maximum absolute atomic E-state index is 11.9. The zero-order chi connectivity index (χ0) is 25.5. The summed E-state index contributed by atoms with van der Waals surface area (Å²) in [6, 6.07) is 0. The van der Waals surface area contributed by atoms with Crippen molar-refractivity contribution in [3.8, 4) is 0 Å². The highest BCUT2D eigenvalue weighted by Crippen LogP contribution is 2.66. The summed E-state index contributed by atoms with van der Waals surface area (Å²) < 4.78 is 11.5. The van der Waals surface area contributed by atoms with Crippen LogP contribution >= 0.6 is 0 Å². The Balaban J connectivity index is 1.52. The van der Waals surface area contributed by atoms with E-state index < -0.39 is 0 Å². The molecule has 4 rings (SSSR count).